The van der Waals surface area contributed by atoms with Gasteiger partial charge in [-0.2, -0.15) is 0 Å². The lowest BCUT2D eigenvalue weighted by Crippen LogP contribution is -2.54. The Bertz CT molecular complexity index is 262. The molecule has 0 bridgehead atoms. The molecule has 3 rings (SSSR count). The Labute approximate surface area is 106 Å². The van der Waals surface area contributed by atoms with Crippen LogP contribution in [0.4, 0.5) is 0 Å². The van der Waals surface area contributed by atoms with Crippen LogP contribution in [0.3, 0.4) is 0 Å². The molecule has 0 aromatic carbocycles. The first-order valence-electron chi connectivity index (χ1n) is 7.80. The van der Waals surface area contributed by atoms with E-state index < -0.39 is 0 Å². The van der Waals surface area contributed by atoms with Gasteiger partial charge in [0.2, 0.25) is 0 Å². The summed E-state index contributed by atoms with van der Waals surface area (Å²) in [6.07, 6.45) is 9.99. The molecule has 98 valence electrons. The molecule has 1 heterocycles. The van der Waals surface area contributed by atoms with E-state index in [0.717, 1.165) is 30.1 Å². The van der Waals surface area contributed by atoms with Crippen molar-refractivity contribution in [2.24, 2.45) is 5.92 Å². The van der Waals surface area contributed by atoms with E-state index >= 15 is 0 Å². The lowest BCUT2D eigenvalue weighted by Gasteiger charge is -2.47. The molecule has 3 fully saturated rings. The molecule has 17 heavy (non-hydrogen) atoms. The van der Waals surface area contributed by atoms with Crippen LogP contribution in [0.2, 0.25) is 0 Å². The van der Waals surface area contributed by atoms with Crippen molar-refractivity contribution in [3.8, 4) is 0 Å². The van der Waals surface area contributed by atoms with Gasteiger partial charge in [0.05, 0.1) is 0 Å². The number of nitrogens with zero attached hydrogens (tertiary/aromatic N) is 1. The fraction of sp³-hybridized carbons (Fsp3) is 1.00. The van der Waals surface area contributed by atoms with Crippen LogP contribution in [0.25, 0.3) is 0 Å². The highest BCUT2D eigenvalue weighted by Crippen LogP contribution is 2.39. The lowest BCUT2D eigenvalue weighted by molar-refractivity contribution is 0.0257. The fourth-order valence-electron chi connectivity index (χ4n) is 3.89. The van der Waals surface area contributed by atoms with E-state index in [4.69, 9.17) is 0 Å². The van der Waals surface area contributed by atoms with Crippen LogP contribution in [0.5, 0.6) is 0 Å². The van der Waals surface area contributed by atoms with Gasteiger partial charge in [0.1, 0.15) is 0 Å². The minimum absolute atomic E-state index is 0.841. The third kappa shape index (κ3) is 2.39. The van der Waals surface area contributed by atoms with Crippen LogP contribution in [-0.2, 0) is 0 Å². The normalized spacial score (nSPS) is 42.7. The summed E-state index contributed by atoms with van der Waals surface area (Å²) in [6.45, 7) is 6.10. The Morgan fingerprint density at radius 3 is 2.47 bits per heavy atom. The Balaban J connectivity index is 1.54. The van der Waals surface area contributed by atoms with Crippen molar-refractivity contribution < 1.29 is 0 Å². The van der Waals surface area contributed by atoms with E-state index in [1.165, 1.54) is 51.5 Å². The maximum atomic E-state index is 3.73. The first-order chi connectivity index (χ1) is 8.29. The summed E-state index contributed by atoms with van der Waals surface area (Å²) in [4.78, 5) is 2.88. The predicted molar refractivity (Wildman–Crippen MR) is 72.2 cm³/mol. The van der Waals surface area contributed by atoms with E-state index in [0.29, 0.717) is 0 Å². The smallest absolute Gasteiger partial charge is 0.0141 e. The van der Waals surface area contributed by atoms with Crippen molar-refractivity contribution >= 4 is 0 Å². The summed E-state index contributed by atoms with van der Waals surface area (Å²) >= 11 is 0. The molecule has 4 atom stereocenters. The molecule has 2 heteroatoms. The fourth-order valence-corrected chi connectivity index (χ4v) is 3.89. The van der Waals surface area contributed by atoms with Crippen LogP contribution in [0.1, 0.15) is 58.8 Å². The number of nitrogens with one attached hydrogen (secondary N) is 1. The van der Waals surface area contributed by atoms with Crippen molar-refractivity contribution in [1.29, 1.82) is 0 Å². The minimum Gasteiger partial charge on any atom is -0.314 e. The van der Waals surface area contributed by atoms with Gasteiger partial charge in [-0.25, -0.2) is 0 Å². The molecule has 1 N–H and O–H groups in total. The largest absolute Gasteiger partial charge is 0.314 e. The quantitative estimate of drug-likeness (QED) is 0.789. The average Bonchev–Trinajstić information content (AvgIpc) is 3.04. The zero-order valence-electron chi connectivity index (χ0n) is 11.5. The molecule has 0 aromatic heterocycles. The second kappa shape index (κ2) is 4.89. The SMILES string of the molecule is CCC1CCC(C)N1C1CCC1CNC1CC1. The number of likely N-dealkylation sites (tertiary alicyclic amines) is 1. The van der Waals surface area contributed by atoms with Gasteiger partial charge in [0.25, 0.3) is 0 Å². The molecule has 1 aliphatic heterocycles. The van der Waals surface area contributed by atoms with E-state index in [1.54, 1.807) is 0 Å². The maximum Gasteiger partial charge on any atom is 0.0141 e. The van der Waals surface area contributed by atoms with Crippen LogP contribution >= 0.6 is 0 Å². The van der Waals surface area contributed by atoms with E-state index in [9.17, 15) is 0 Å². The van der Waals surface area contributed by atoms with Crippen molar-refractivity contribution in [3.63, 3.8) is 0 Å². The van der Waals surface area contributed by atoms with Gasteiger partial charge in [-0.1, -0.05) is 6.92 Å². The minimum atomic E-state index is 0.841. The summed E-state index contributed by atoms with van der Waals surface area (Å²) in [5.74, 6) is 0.949. The van der Waals surface area contributed by atoms with E-state index in [-0.39, 0.29) is 0 Å². The molecule has 2 nitrogen and oxygen atoms in total. The van der Waals surface area contributed by atoms with Crippen LogP contribution in [0.15, 0.2) is 0 Å². The topological polar surface area (TPSA) is 15.3 Å². The third-order valence-electron chi connectivity index (χ3n) is 5.33. The summed E-state index contributed by atoms with van der Waals surface area (Å²) in [5.41, 5.74) is 0. The zero-order valence-corrected chi connectivity index (χ0v) is 11.5. The van der Waals surface area contributed by atoms with Gasteiger partial charge < -0.3 is 5.32 Å². The molecule has 1 saturated heterocycles. The van der Waals surface area contributed by atoms with Gasteiger partial charge in [0, 0.05) is 24.2 Å². The van der Waals surface area contributed by atoms with E-state index in [2.05, 4.69) is 24.1 Å². The summed E-state index contributed by atoms with van der Waals surface area (Å²) in [6, 6.07) is 3.52. The summed E-state index contributed by atoms with van der Waals surface area (Å²) in [5, 5.41) is 3.73. The predicted octanol–water partition coefficient (Wildman–Crippen LogP) is 2.78. The van der Waals surface area contributed by atoms with E-state index in [1.807, 2.05) is 0 Å². The van der Waals surface area contributed by atoms with Crippen molar-refractivity contribution in [1.82, 2.24) is 10.2 Å². The Morgan fingerprint density at radius 1 is 1.06 bits per heavy atom. The van der Waals surface area contributed by atoms with Crippen molar-refractivity contribution in [3.05, 3.63) is 0 Å². The van der Waals surface area contributed by atoms with Crippen LogP contribution in [-0.4, -0.2) is 35.6 Å². The van der Waals surface area contributed by atoms with Gasteiger partial charge in [0.15, 0.2) is 0 Å². The van der Waals surface area contributed by atoms with Crippen LogP contribution in [0, 0.1) is 5.92 Å². The third-order valence-corrected chi connectivity index (χ3v) is 5.33. The molecule has 0 aromatic rings. The first kappa shape index (κ1) is 12.0. The van der Waals surface area contributed by atoms with Gasteiger partial charge in [-0.15, -0.1) is 0 Å². The highest BCUT2D eigenvalue weighted by atomic mass is 15.2. The Hall–Kier alpha value is -0.0800. The second-order valence-electron chi connectivity index (χ2n) is 6.52. The molecule has 4 unspecified atom stereocenters. The maximum absolute atomic E-state index is 3.73. The zero-order chi connectivity index (χ0) is 11.8. The number of rotatable bonds is 5. The standard InChI is InChI=1S/C15H28N2/c1-3-14-8-4-11(2)17(14)15-9-5-12(15)10-16-13-6-7-13/h11-16H,3-10H2,1-2H3. The second-order valence-corrected chi connectivity index (χ2v) is 6.52. The number of hydrogen-bond donors (Lipinski definition) is 1. The van der Waals surface area contributed by atoms with Crippen LogP contribution < -0.4 is 5.32 Å². The molecule has 2 aliphatic carbocycles. The summed E-state index contributed by atoms with van der Waals surface area (Å²) < 4.78 is 0. The molecular formula is C15H28N2. The first-order valence-corrected chi connectivity index (χ1v) is 7.80. The molecular weight excluding hydrogens is 208 g/mol. The highest BCUT2D eigenvalue weighted by Gasteiger charge is 2.42. The van der Waals surface area contributed by atoms with Crippen molar-refractivity contribution in [2.75, 3.05) is 6.54 Å². The molecule has 0 spiro atoms. The Kier molecular flexibility index (Phi) is 3.45. The summed E-state index contributed by atoms with van der Waals surface area (Å²) in [7, 11) is 0. The lowest BCUT2D eigenvalue weighted by atomic mass is 9.77. The molecule has 0 amide bonds. The Morgan fingerprint density at radius 2 is 1.88 bits per heavy atom. The van der Waals surface area contributed by atoms with Gasteiger partial charge >= 0.3 is 0 Å². The van der Waals surface area contributed by atoms with Gasteiger partial charge in [-0.05, 0) is 64.3 Å². The molecule has 0 radical (unpaired) electrons. The molecule has 2 saturated carbocycles. The van der Waals surface area contributed by atoms with Crippen molar-refractivity contribution in [2.45, 2.75) is 83.0 Å². The number of hydrogen-bond acceptors (Lipinski definition) is 2. The highest BCUT2D eigenvalue weighted by molar-refractivity contribution is 4.98. The monoisotopic (exact) mass is 236 g/mol. The average molecular weight is 236 g/mol. The van der Waals surface area contributed by atoms with Gasteiger partial charge in [-0.3, -0.25) is 4.90 Å². The molecule has 3 aliphatic rings.